The summed E-state index contributed by atoms with van der Waals surface area (Å²) < 4.78 is 28.9. The van der Waals surface area contributed by atoms with Crippen LogP contribution in [0.1, 0.15) is 18.7 Å². The van der Waals surface area contributed by atoms with Crippen molar-refractivity contribution in [3.8, 4) is 0 Å². The molecule has 1 aromatic rings. The van der Waals surface area contributed by atoms with E-state index in [0.717, 1.165) is 12.8 Å². The normalized spacial score (nSPS) is 31.2. The first-order chi connectivity index (χ1) is 10.5. The Balaban J connectivity index is 1.56. The molecule has 9 heteroatoms. The third-order valence-electron chi connectivity index (χ3n) is 4.75. The Morgan fingerprint density at radius 2 is 2.05 bits per heavy atom. The maximum absolute atomic E-state index is 12.4. The van der Waals surface area contributed by atoms with Crippen LogP contribution in [0.2, 0.25) is 0 Å². The Hall–Kier alpha value is -1.48. The number of hydrogen-bond donors (Lipinski definition) is 0. The van der Waals surface area contributed by atoms with Crippen LogP contribution in [-0.4, -0.2) is 70.9 Å². The van der Waals surface area contributed by atoms with Crippen molar-refractivity contribution in [1.29, 1.82) is 0 Å². The minimum Gasteiger partial charge on any atom is -0.343 e. The first-order valence-corrected chi connectivity index (χ1v) is 9.36. The maximum Gasteiger partial charge on any atom is 0.226 e. The molecule has 0 spiro atoms. The number of amides is 1. The van der Waals surface area contributed by atoms with Gasteiger partial charge in [0.1, 0.15) is 0 Å². The summed E-state index contributed by atoms with van der Waals surface area (Å²) in [5.74, 6) is 0.965. The molecule has 3 heterocycles. The van der Waals surface area contributed by atoms with Gasteiger partial charge >= 0.3 is 0 Å². The number of rotatable bonds is 3. The number of nitrogens with zero attached hydrogens (tertiary/aromatic N) is 4. The van der Waals surface area contributed by atoms with Gasteiger partial charge in [0.15, 0.2) is 15.7 Å². The highest BCUT2D eigenvalue weighted by atomic mass is 32.2. The number of sulfone groups is 1. The standard InChI is InChI=1S/C13H18N4O4S/c18-13(9-1-2-9)17-4-3-16(5-12-14-8-21-15-12)10-6-22(19,20)7-11(10)17/h8-11H,1-7H2/t10-,11+/m1/s1. The highest BCUT2D eigenvalue weighted by Gasteiger charge is 2.49. The summed E-state index contributed by atoms with van der Waals surface area (Å²) in [5.41, 5.74) is 0. The topological polar surface area (TPSA) is 96.6 Å². The lowest BCUT2D eigenvalue weighted by Crippen LogP contribution is -2.60. The van der Waals surface area contributed by atoms with E-state index in [4.69, 9.17) is 4.52 Å². The molecular weight excluding hydrogens is 308 g/mol. The van der Waals surface area contributed by atoms with Gasteiger partial charge in [0.2, 0.25) is 12.3 Å². The van der Waals surface area contributed by atoms with Crippen LogP contribution in [0.3, 0.4) is 0 Å². The van der Waals surface area contributed by atoms with Crippen molar-refractivity contribution >= 4 is 15.7 Å². The van der Waals surface area contributed by atoms with Gasteiger partial charge in [-0.3, -0.25) is 9.69 Å². The van der Waals surface area contributed by atoms with Crippen molar-refractivity contribution in [2.45, 2.75) is 31.5 Å². The second-order valence-electron chi connectivity index (χ2n) is 6.34. The van der Waals surface area contributed by atoms with Crippen LogP contribution in [0.25, 0.3) is 0 Å². The van der Waals surface area contributed by atoms with E-state index in [1.54, 1.807) is 4.90 Å². The number of fused-ring (bicyclic) bond motifs is 1. The summed E-state index contributed by atoms with van der Waals surface area (Å²) in [4.78, 5) is 20.3. The SMILES string of the molecule is O=C(C1CC1)N1CCN(Cc2ncon2)[C@@H]2CS(=O)(=O)C[C@@H]21. The largest absolute Gasteiger partial charge is 0.343 e. The van der Waals surface area contributed by atoms with Gasteiger partial charge in [0.05, 0.1) is 24.1 Å². The lowest BCUT2D eigenvalue weighted by Gasteiger charge is -2.43. The average molecular weight is 326 g/mol. The molecule has 1 saturated carbocycles. The minimum atomic E-state index is -3.11. The van der Waals surface area contributed by atoms with Crippen LogP contribution >= 0.6 is 0 Å². The fourth-order valence-electron chi connectivity index (χ4n) is 3.50. The second-order valence-corrected chi connectivity index (χ2v) is 8.49. The molecule has 0 radical (unpaired) electrons. The van der Waals surface area contributed by atoms with Gasteiger partial charge in [-0.25, -0.2) is 8.42 Å². The van der Waals surface area contributed by atoms with Crippen molar-refractivity contribution in [3.63, 3.8) is 0 Å². The molecular formula is C13H18N4O4S. The van der Waals surface area contributed by atoms with E-state index in [0.29, 0.717) is 25.5 Å². The maximum atomic E-state index is 12.4. The molecule has 0 unspecified atom stereocenters. The lowest BCUT2D eigenvalue weighted by molar-refractivity contribution is -0.138. The molecule has 2 aliphatic heterocycles. The van der Waals surface area contributed by atoms with E-state index in [2.05, 4.69) is 15.0 Å². The molecule has 1 aliphatic carbocycles. The Morgan fingerprint density at radius 3 is 2.73 bits per heavy atom. The summed E-state index contributed by atoms with van der Waals surface area (Å²) in [6.45, 7) is 1.67. The smallest absolute Gasteiger partial charge is 0.226 e. The highest BCUT2D eigenvalue weighted by Crippen LogP contribution is 2.35. The van der Waals surface area contributed by atoms with Crippen molar-refractivity contribution < 1.29 is 17.7 Å². The van der Waals surface area contributed by atoms with Gasteiger partial charge in [0, 0.05) is 25.0 Å². The molecule has 1 aromatic heterocycles. The number of hydrogen-bond acceptors (Lipinski definition) is 7. The van der Waals surface area contributed by atoms with Crippen molar-refractivity contribution in [2.24, 2.45) is 5.92 Å². The summed E-state index contributed by atoms with van der Waals surface area (Å²) in [6, 6.07) is -0.404. The van der Waals surface area contributed by atoms with Gasteiger partial charge in [-0.15, -0.1) is 0 Å². The van der Waals surface area contributed by atoms with E-state index in [1.165, 1.54) is 6.39 Å². The van der Waals surface area contributed by atoms with Gasteiger partial charge in [-0.1, -0.05) is 5.16 Å². The molecule has 3 fully saturated rings. The Labute approximate surface area is 128 Å². The van der Waals surface area contributed by atoms with Crippen LogP contribution in [0, 0.1) is 5.92 Å². The Bertz CT molecular complexity index is 670. The molecule has 22 heavy (non-hydrogen) atoms. The molecule has 0 bridgehead atoms. The fraction of sp³-hybridized carbons (Fsp3) is 0.769. The van der Waals surface area contributed by atoms with Crippen molar-refractivity contribution in [3.05, 3.63) is 12.2 Å². The average Bonchev–Trinajstić information content (AvgIpc) is 3.09. The Kier molecular flexibility index (Phi) is 3.23. The first kappa shape index (κ1) is 14.1. The quantitative estimate of drug-likeness (QED) is 0.724. The second kappa shape index (κ2) is 5.02. The lowest BCUT2D eigenvalue weighted by atomic mass is 10.0. The van der Waals surface area contributed by atoms with Gasteiger partial charge < -0.3 is 9.42 Å². The zero-order valence-corrected chi connectivity index (χ0v) is 12.9. The third-order valence-corrected chi connectivity index (χ3v) is 6.45. The first-order valence-electron chi connectivity index (χ1n) is 7.54. The zero-order valence-electron chi connectivity index (χ0n) is 12.1. The molecule has 2 saturated heterocycles. The molecule has 2 atom stereocenters. The van der Waals surface area contributed by atoms with E-state index >= 15 is 0 Å². The van der Waals surface area contributed by atoms with Crippen LogP contribution in [0.4, 0.5) is 0 Å². The van der Waals surface area contributed by atoms with Crippen molar-refractivity contribution in [1.82, 2.24) is 19.9 Å². The minimum absolute atomic E-state index is 0.0683. The number of carbonyl (C=O) groups is 1. The number of aromatic nitrogens is 2. The molecule has 4 rings (SSSR count). The summed E-state index contributed by atoms with van der Waals surface area (Å²) in [7, 11) is -3.11. The van der Waals surface area contributed by atoms with Crippen molar-refractivity contribution in [2.75, 3.05) is 24.6 Å². The monoisotopic (exact) mass is 326 g/mol. The molecule has 120 valence electrons. The molecule has 0 N–H and O–H groups in total. The van der Waals surface area contributed by atoms with Gasteiger partial charge in [-0.2, -0.15) is 4.98 Å². The van der Waals surface area contributed by atoms with E-state index in [9.17, 15) is 13.2 Å². The number of piperazine rings is 1. The predicted molar refractivity (Wildman–Crippen MR) is 75.4 cm³/mol. The molecule has 1 amide bonds. The molecule has 0 aromatic carbocycles. The summed E-state index contributed by atoms with van der Waals surface area (Å²) >= 11 is 0. The van der Waals surface area contributed by atoms with E-state index in [-0.39, 0.29) is 35.4 Å². The van der Waals surface area contributed by atoms with Crippen LogP contribution in [0.15, 0.2) is 10.9 Å². The fourth-order valence-corrected chi connectivity index (χ4v) is 5.52. The summed E-state index contributed by atoms with van der Waals surface area (Å²) in [5, 5.41) is 3.80. The van der Waals surface area contributed by atoms with Gasteiger partial charge in [0.25, 0.3) is 0 Å². The van der Waals surface area contributed by atoms with E-state index in [1.807, 2.05) is 0 Å². The predicted octanol–water partition coefficient (Wildman–Crippen LogP) is -0.711. The Morgan fingerprint density at radius 1 is 1.27 bits per heavy atom. The van der Waals surface area contributed by atoms with Gasteiger partial charge in [-0.05, 0) is 12.8 Å². The van der Waals surface area contributed by atoms with E-state index < -0.39 is 9.84 Å². The van der Waals surface area contributed by atoms with Crippen LogP contribution < -0.4 is 0 Å². The van der Waals surface area contributed by atoms with Crippen LogP contribution in [0.5, 0.6) is 0 Å². The molecule has 3 aliphatic rings. The van der Waals surface area contributed by atoms with Crippen LogP contribution in [-0.2, 0) is 21.2 Å². The third kappa shape index (κ3) is 2.52. The molecule has 8 nitrogen and oxygen atoms in total. The number of carbonyl (C=O) groups excluding carboxylic acids is 1. The highest BCUT2D eigenvalue weighted by molar-refractivity contribution is 7.91. The summed E-state index contributed by atoms with van der Waals surface area (Å²) in [6.07, 6.45) is 3.14. The zero-order chi connectivity index (χ0) is 15.3.